The summed E-state index contributed by atoms with van der Waals surface area (Å²) in [6.45, 7) is 5.95. The van der Waals surface area contributed by atoms with Gasteiger partial charge in [-0.2, -0.15) is 0 Å². The molecule has 0 aromatic carbocycles. The molecule has 1 atom stereocenters. The molecule has 0 saturated heterocycles. The van der Waals surface area contributed by atoms with Gasteiger partial charge in [0.1, 0.15) is 11.6 Å². The van der Waals surface area contributed by atoms with E-state index in [2.05, 4.69) is 25.6 Å². The van der Waals surface area contributed by atoms with Crippen molar-refractivity contribution >= 4 is 17.6 Å². The van der Waals surface area contributed by atoms with Gasteiger partial charge in [0.15, 0.2) is 0 Å². The van der Waals surface area contributed by atoms with Crippen molar-refractivity contribution in [1.29, 1.82) is 0 Å². The van der Waals surface area contributed by atoms with Gasteiger partial charge in [-0.15, -0.1) is 0 Å². The third-order valence-electron chi connectivity index (χ3n) is 3.95. The Kier molecular flexibility index (Phi) is 6.60. The van der Waals surface area contributed by atoms with Gasteiger partial charge >= 0.3 is 0 Å². The predicted octanol–water partition coefficient (Wildman–Crippen LogP) is 0.938. The average molecular weight is 356 g/mol. The molecular formula is C18H24N6O2. The van der Waals surface area contributed by atoms with Gasteiger partial charge in [-0.3, -0.25) is 14.6 Å². The Hall–Kier alpha value is -3.03. The van der Waals surface area contributed by atoms with Gasteiger partial charge in [0.2, 0.25) is 5.91 Å². The molecule has 0 saturated carbocycles. The van der Waals surface area contributed by atoms with E-state index in [4.69, 9.17) is 5.73 Å². The minimum atomic E-state index is -0.327. The zero-order chi connectivity index (χ0) is 19.1. The topological polar surface area (TPSA) is 123 Å². The summed E-state index contributed by atoms with van der Waals surface area (Å²) < 4.78 is 0. The number of nitrogens with one attached hydrogen (secondary N) is 2. The van der Waals surface area contributed by atoms with Gasteiger partial charge in [0.25, 0.3) is 5.91 Å². The first-order valence-corrected chi connectivity index (χ1v) is 8.43. The maximum absolute atomic E-state index is 12.1. The molecular weight excluding hydrogens is 332 g/mol. The van der Waals surface area contributed by atoms with Crippen molar-refractivity contribution in [3.05, 3.63) is 47.2 Å². The standard InChI is InChI=1S/C18H24N6O2/c1-11-4-6-20-9-14(11)8-16(25)23-12(2)5-7-21-18(26)15-10-22-13(3)24-17(15)19/h4,6,9-10,12H,5,7-8H2,1-3H3,(H,21,26)(H,23,25)(H2,19,22,24). The quantitative estimate of drug-likeness (QED) is 0.678. The number of carbonyl (C=O) groups is 2. The largest absolute Gasteiger partial charge is 0.383 e. The van der Waals surface area contributed by atoms with Crippen molar-refractivity contribution in [2.24, 2.45) is 0 Å². The number of nitrogen functional groups attached to an aromatic ring is 1. The first-order valence-electron chi connectivity index (χ1n) is 8.43. The normalized spacial score (nSPS) is 11.7. The van der Waals surface area contributed by atoms with Gasteiger partial charge in [-0.1, -0.05) is 0 Å². The molecule has 8 nitrogen and oxygen atoms in total. The number of amides is 2. The van der Waals surface area contributed by atoms with Crippen LogP contribution in [0, 0.1) is 13.8 Å². The highest BCUT2D eigenvalue weighted by Gasteiger charge is 2.13. The molecule has 2 rings (SSSR count). The van der Waals surface area contributed by atoms with Crippen LogP contribution >= 0.6 is 0 Å². The Morgan fingerprint density at radius 1 is 1.27 bits per heavy atom. The second kappa shape index (κ2) is 8.89. The van der Waals surface area contributed by atoms with Gasteiger partial charge in [0.05, 0.1) is 12.0 Å². The summed E-state index contributed by atoms with van der Waals surface area (Å²) in [6.07, 6.45) is 5.69. The summed E-state index contributed by atoms with van der Waals surface area (Å²) in [6, 6.07) is 1.80. The zero-order valence-electron chi connectivity index (χ0n) is 15.2. The van der Waals surface area contributed by atoms with Gasteiger partial charge in [0, 0.05) is 31.2 Å². The molecule has 0 bridgehead atoms. The molecule has 0 aliphatic rings. The number of aromatic nitrogens is 3. The first-order chi connectivity index (χ1) is 12.4. The number of carbonyl (C=O) groups excluding carboxylic acids is 2. The lowest BCUT2D eigenvalue weighted by Crippen LogP contribution is -2.37. The molecule has 0 radical (unpaired) electrons. The van der Waals surface area contributed by atoms with E-state index in [1.54, 1.807) is 19.3 Å². The second-order valence-electron chi connectivity index (χ2n) is 6.21. The molecule has 0 fully saturated rings. The first kappa shape index (κ1) is 19.3. The SMILES string of the molecule is Cc1ncc(C(=O)NCCC(C)NC(=O)Cc2cnccc2C)c(N)n1. The van der Waals surface area contributed by atoms with Crippen LogP contribution in [0.5, 0.6) is 0 Å². The highest BCUT2D eigenvalue weighted by Crippen LogP contribution is 2.07. The summed E-state index contributed by atoms with van der Waals surface area (Å²) in [5.41, 5.74) is 7.92. The van der Waals surface area contributed by atoms with E-state index < -0.39 is 0 Å². The summed E-state index contributed by atoms with van der Waals surface area (Å²) in [5, 5.41) is 5.68. The summed E-state index contributed by atoms with van der Waals surface area (Å²) in [7, 11) is 0. The number of nitrogens with zero attached hydrogens (tertiary/aromatic N) is 3. The van der Waals surface area contributed by atoms with E-state index in [0.29, 0.717) is 18.8 Å². The third-order valence-corrected chi connectivity index (χ3v) is 3.95. The monoisotopic (exact) mass is 356 g/mol. The predicted molar refractivity (Wildman–Crippen MR) is 98.4 cm³/mol. The van der Waals surface area contributed by atoms with E-state index in [0.717, 1.165) is 11.1 Å². The Morgan fingerprint density at radius 2 is 2.04 bits per heavy atom. The minimum absolute atomic E-state index is 0.0731. The van der Waals surface area contributed by atoms with Crippen molar-refractivity contribution in [3.8, 4) is 0 Å². The molecule has 0 spiro atoms. The van der Waals surface area contributed by atoms with Crippen molar-refractivity contribution in [1.82, 2.24) is 25.6 Å². The smallest absolute Gasteiger partial charge is 0.256 e. The summed E-state index contributed by atoms with van der Waals surface area (Å²) >= 11 is 0. The summed E-state index contributed by atoms with van der Waals surface area (Å²) in [5.74, 6) is 0.269. The van der Waals surface area contributed by atoms with Crippen molar-refractivity contribution in [2.45, 2.75) is 39.7 Å². The lowest BCUT2D eigenvalue weighted by Gasteiger charge is -2.15. The maximum Gasteiger partial charge on any atom is 0.256 e. The number of pyridine rings is 1. The van der Waals surface area contributed by atoms with E-state index >= 15 is 0 Å². The van der Waals surface area contributed by atoms with E-state index in [1.165, 1.54) is 6.20 Å². The number of hydrogen-bond acceptors (Lipinski definition) is 6. The van der Waals surface area contributed by atoms with Crippen LogP contribution in [0.1, 0.15) is 40.7 Å². The molecule has 8 heteroatoms. The van der Waals surface area contributed by atoms with Crippen LogP contribution in [0.4, 0.5) is 5.82 Å². The van der Waals surface area contributed by atoms with Crippen LogP contribution < -0.4 is 16.4 Å². The Labute approximate surface area is 152 Å². The van der Waals surface area contributed by atoms with Crippen LogP contribution in [0.2, 0.25) is 0 Å². The Bertz CT molecular complexity index is 793. The molecule has 0 aliphatic carbocycles. The number of rotatable bonds is 7. The van der Waals surface area contributed by atoms with Crippen LogP contribution in [0.15, 0.2) is 24.7 Å². The van der Waals surface area contributed by atoms with Crippen molar-refractivity contribution < 1.29 is 9.59 Å². The lowest BCUT2D eigenvalue weighted by molar-refractivity contribution is -0.121. The molecule has 2 aromatic rings. The minimum Gasteiger partial charge on any atom is -0.383 e. The van der Waals surface area contributed by atoms with Crippen LogP contribution in [-0.4, -0.2) is 39.4 Å². The second-order valence-corrected chi connectivity index (χ2v) is 6.21. The molecule has 26 heavy (non-hydrogen) atoms. The van der Waals surface area contributed by atoms with E-state index in [-0.39, 0.29) is 35.7 Å². The van der Waals surface area contributed by atoms with Crippen LogP contribution in [0.25, 0.3) is 0 Å². The molecule has 2 heterocycles. The Morgan fingerprint density at radius 3 is 2.73 bits per heavy atom. The fourth-order valence-electron chi connectivity index (χ4n) is 2.41. The maximum atomic E-state index is 12.1. The number of hydrogen-bond donors (Lipinski definition) is 3. The zero-order valence-corrected chi connectivity index (χ0v) is 15.2. The number of aryl methyl sites for hydroxylation is 2. The highest BCUT2D eigenvalue weighted by molar-refractivity contribution is 5.97. The Balaban J connectivity index is 1.76. The van der Waals surface area contributed by atoms with Crippen LogP contribution in [-0.2, 0) is 11.2 Å². The van der Waals surface area contributed by atoms with Gasteiger partial charge < -0.3 is 16.4 Å². The third kappa shape index (κ3) is 5.51. The van der Waals surface area contributed by atoms with Gasteiger partial charge in [-0.25, -0.2) is 9.97 Å². The van der Waals surface area contributed by atoms with Crippen molar-refractivity contribution in [3.63, 3.8) is 0 Å². The fourth-order valence-corrected chi connectivity index (χ4v) is 2.41. The summed E-state index contributed by atoms with van der Waals surface area (Å²) in [4.78, 5) is 36.2. The molecule has 1 unspecified atom stereocenters. The number of nitrogens with two attached hydrogens (primary N) is 1. The molecule has 2 amide bonds. The van der Waals surface area contributed by atoms with Crippen LogP contribution in [0.3, 0.4) is 0 Å². The van der Waals surface area contributed by atoms with E-state index in [9.17, 15) is 9.59 Å². The molecule has 0 aliphatic heterocycles. The molecule has 2 aromatic heterocycles. The van der Waals surface area contributed by atoms with Crippen molar-refractivity contribution in [2.75, 3.05) is 12.3 Å². The lowest BCUT2D eigenvalue weighted by atomic mass is 10.1. The average Bonchev–Trinajstić information content (AvgIpc) is 2.56. The number of anilines is 1. The molecule has 138 valence electrons. The molecule has 4 N–H and O–H groups in total. The highest BCUT2D eigenvalue weighted by atomic mass is 16.2. The fraction of sp³-hybridized carbons (Fsp3) is 0.389. The van der Waals surface area contributed by atoms with E-state index in [1.807, 2.05) is 19.9 Å². The van der Waals surface area contributed by atoms with Gasteiger partial charge in [-0.05, 0) is 44.4 Å².